The minimum atomic E-state index is -0.859. The van der Waals surface area contributed by atoms with Gasteiger partial charge in [-0.05, 0) is 27.6 Å². The molecule has 0 radical (unpaired) electrons. The summed E-state index contributed by atoms with van der Waals surface area (Å²) < 4.78 is 4.71. The number of hydrogen-bond acceptors (Lipinski definition) is 2. The molecule has 0 bridgehead atoms. The Balaban J connectivity index is 2.08. The molecule has 2 aromatic carbocycles. The topological polar surface area (TPSA) is 26.3 Å². The van der Waals surface area contributed by atoms with E-state index in [9.17, 15) is 4.79 Å². The van der Waals surface area contributed by atoms with Crippen LogP contribution in [-0.2, 0) is 9.25 Å². The van der Waals surface area contributed by atoms with Crippen molar-refractivity contribution in [3.8, 4) is 0 Å². The number of halogens is 2. The number of alkyl halides is 2. The van der Waals surface area contributed by atoms with Gasteiger partial charge in [0.25, 0.3) is 0 Å². The number of carbonyl (C=O) groups excluding carboxylic acids is 1. The van der Waals surface area contributed by atoms with Crippen LogP contribution in [0.1, 0.15) is 26.3 Å². The van der Waals surface area contributed by atoms with Crippen LogP contribution in [0.3, 0.4) is 0 Å². The molecule has 96 valence electrons. The first-order valence-electron chi connectivity index (χ1n) is 5.83. The molecule has 2 nitrogen and oxygen atoms in total. The monoisotopic (exact) mass is 380 g/mol. The maximum atomic E-state index is 11.9. The Morgan fingerprint density at radius 3 is 2.37 bits per heavy atom. The van der Waals surface area contributed by atoms with Crippen LogP contribution in [0.2, 0.25) is 0 Å². The number of hydrogen-bond donors (Lipinski definition) is 0. The van der Waals surface area contributed by atoms with E-state index >= 15 is 0 Å². The molecule has 1 aliphatic rings. The Bertz CT molecular complexity index is 627. The predicted octanol–water partition coefficient (Wildman–Crippen LogP) is 4.54. The number of benzene rings is 2. The van der Waals surface area contributed by atoms with E-state index in [1.165, 1.54) is 0 Å². The second-order valence-corrected chi connectivity index (χ2v) is 6.45. The fraction of sp³-hybridized carbons (Fsp3) is 0.133. The standard InChI is InChI=1S/C15H10Br2O2/c16-13(10-6-2-1-3-7-10)15(17)12-9-5-4-8-11(12)14(18)19-15/h1-9,13H/t13-,15-/m1/s1. The van der Waals surface area contributed by atoms with E-state index in [0.29, 0.717) is 5.56 Å². The Morgan fingerprint density at radius 1 is 1.00 bits per heavy atom. The molecule has 3 rings (SSSR count). The predicted molar refractivity (Wildman–Crippen MR) is 80.6 cm³/mol. The molecule has 0 amide bonds. The highest BCUT2D eigenvalue weighted by atomic mass is 79.9. The molecule has 1 aliphatic heterocycles. The van der Waals surface area contributed by atoms with Crippen LogP contribution in [-0.4, -0.2) is 5.97 Å². The van der Waals surface area contributed by atoms with Crippen LogP contribution in [0.15, 0.2) is 54.6 Å². The SMILES string of the molecule is O=C1O[C@@](Br)([C@H](Br)c2ccccc2)c2ccccc21. The van der Waals surface area contributed by atoms with Gasteiger partial charge in [-0.25, -0.2) is 4.79 Å². The summed E-state index contributed by atoms with van der Waals surface area (Å²) in [5.74, 6) is -0.298. The summed E-state index contributed by atoms with van der Waals surface area (Å²) in [6, 6.07) is 17.3. The van der Waals surface area contributed by atoms with Crippen molar-refractivity contribution in [3.05, 3.63) is 71.3 Å². The lowest BCUT2D eigenvalue weighted by Gasteiger charge is -2.27. The highest BCUT2D eigenvalue weighted by molar-refractivity contribution is 9.12. The van der Waals surface area contributed by atoms with Crippen molar-refractivity contribution < 1.29 is 9.53 Å². The number of ether oxygens (including phenoxy) is 1. The van der Waals surface area contributed by atoms with Gasteiger partial charge < -0.3 is 4.74 Å². The average Bonchev–Trinajstić information content (AvgIpc) is 2.72. The lowest BCUT2D eigenvalue weighted by atomic mass is 9.99. The van der Waals surface area contributed by atoms with E-state index in [-0.39, 0.29) is 10.8 Å². The van der Waals surface area contributed by atoms with Gasteiger partial charge in [-0.2, -0.15) is 0 Å². The zero-order valence-electron chi connectivity index (χ0n) is 9.85. The van der Waals surface area contributed by atoms with Gasteiger partial charge in [-0.1, -0.05) is 64.5 Å². The first kappa shape index (κ1) is 12.9. The molecule has 2 aromatic rings. The van der Waals surface area contributed by atoms with Gasteiger partial charge in [0.15, 0.2) is 0 Å². The summed E-state index contributed by atoms with van der Waals surface area (Å²) in [5, 5.41) is 0. The summed E-state index contributed by atoms with van der Waals surface area (Å²) in [6.07, 6.45) is 0. The quantitative estimate of drug-likeness (QED) is 0.563. The number of esters is 1. The molecule has 0 saturated heterocycles. The van der Waals surface area contributed by atoms with E-state index in [1.807, 2.05) is 48.5 Å². The van der Waals surface area contributed by atoms with Crippen LogP contribution in [0, 0.1) is 0 Å². The first-order valence-corrected chi connectivity index (χ1v) is 7.54. The van der Waals surface area contributed by atoms with Crippen molar-refractivity contribution in [2.24, 2.45) is 0 Å². The minimum Gasteiger partial charge on any atom is -0.437 e. The van der Waals surface area contributed by atoms with Crippen molar-refractivity contribution >= 4 is 37.8 Å². The molecular weight excluding hydrogens is 372 g/mol. The Hall–Kier alpha value is -1.13. The van der Waals surface area contributed by atoms with Gasteiger partial charge in [0.05, 0.1) is 10.4 Å². The molecular formula is C15H10Br2O2. The second kappa shape index (κ2) is 4.76. The molecule has 0 N–H and O–H groups in total. The van der Waals surface area contributed by atoms with Gasteiger partial charge in [0.1, 0.15) is 0 Å². The van der Waals surface area contributed by atoms with Crippen LogP contribution in [0.25, 0.3) is 0 Å². The summed E-state index contributed by atoms with van der Waals surface area (Å²) in [4.78, 5) is 11.8. The first-order chi connectivity index (χ1) is 9.13. The summed E-state index contributed by atoms with van der Waals surface area (Å²) in [7, 11) is 0. The zero-order valence-corrected chi connectivity index (χ0v) is 13.0. The zero-order chi connectivity index (χ0) is 13.5. The molecule has 19 heavy (non-hydrogen) atoms. The molecule has 4 heteroatoms. The lowest BCUT2D eigenvalue weighted by molar-refractivity contribution is 0.0308. The summed E-state index contributed by atoms with van der Waals surface area (Å²) in [5.41, 5.74) is 2.51. The highest BCUT2D eigenvalue weighted by Crippen LogP contribution is 2.53. The Morgan fingerprint density at radius 2 is 1.63 bits per heavy atom. The third kappa shape index (κ3) is 2.03. The van der Waals surface area contributed by atoms with E-state index in [1.54, 1.807) is 6.07 Å². The third-order valence-electron chi connectivity index (χ3n) is 3.17. The minimum absolute atomic E-state index is 0.159. The van der Waals surface area contributed by atoms with Crippen molar-refractivity contribution in [1.29, 1.82) is 0 Å². The number of carbonyl (C=O) groups is 1. The van der Waals surface area contributed by atoms with Gasteiger partial charge >= 0.3 is 5.97 Å². The molecule has 0 fully saturated rings. The maximum Gasteiger partial charge on any atom is 0.340 e. The van der Waals surface area contributed by atoms with E-state index in [2.05, 4.69) is 31.9 Å². The van der Waals surface area contributed by atoms with Crippen LogP contribution >= 0.6 is 31.9 Å². The molecule has 0 unspecified atom stereocenters. The summed E-state index contributed by atoms with van der Waals surface area (Å²) in [6.45, 7) is 0. The number of cyclic esters (lactones) is 1. The Kier molecular flexibility index (Phi) is 3.23. The molecule has 0 saturated carbocycles. The molecule has 1 heterocycles. The fourth-order valence-corrected chi connectivity index (χ4v) is 3.63. The van der Waals surface area contributed by atoms with Crippen LogP contribution < -0.4 is 0 Å². The van der Waals surface area contributed by atoms with Gasteiger partial charge in [-0.3, -0.25) is 0 Å². The number of fused-ring (bicyclic) bond motifs is 1. The molecule has 2 atom stereocenters. The van der Waals surface area contributed by atoms with Gasteiger partial charge in [0.2, 0.25) is 4.51 Å². The van der Waals surface area contributed by atoms with E-state index < -0.39 is 4.51 Å². The second-order valence-electron chi connectivity index (χ2n) is 4.35. The van der Waals surface area contributed by atoms with Crippen molar-refractivity contribution in [2.45, 2.75) is 9.34 Å². The van der Waals surface area contributed by atoms with E-state index in [0.717, 1.165) is 11.1 Å². The maximum absolute atomic E-state index is 11.9. The average molecular weight is 382 g/mol. The normalized spacial score (nSPS) is 22.7. The highest BCUT2D eigenvalue weighted by Gasteiger charge is 2.48. The van der Waals surface area contributed by atoms with Crippen LogP contribution in [0.5, 0.6) is 0 Å². The molecule has 0 spiro atoms. The summed E-state index contributed by atoms with van der Waals surface area (Å²) >= 11 is 7.24. The number of rotatable bonds is 2. The van der Waals surface area contributed by atoms with Crippen molar-refractivity contribution in [2.75, 3.05) is 0 Å². The lowest BCUT2D eigenvalue weighted by Crippen LogP contribution is -2.23. The van der Waals surface area contributed by atoms with Gasteiger partial charge in [0, 0.05) is 5.56 Å². The van der Waals surface area contributed by atoms with Crippen LogP contribution in [0.4, 0.5) is 0 Å². The van der Waals surface area contributed by atoms with Crippen molar-refractivity contribution in [1.82, 2.24) is 0 Å². The smallest absolute Gasteiger partial charge is 0.340 e. The van der Waals surface area contributed by atoms with Gasteiger partial charge in [-0.15, -0.1) is 0 Å². The third-order valence-corrected chi connectivity index (χ3v) is 6.01. The fourth-order valence-electron chi connectivity index (χ4n) is 2.23. The molecule has 0 aromatic heterocycles. The van der Waals surface area contributed by atoms with Crippen molar-refractivity contribution in [3.63, 3.8) is 0 Å². The largest absolute Gasteiger partial charge is 0.437 e. The van der Waals surface area contributed by atoms with E-state index in [4.69, 9.17) is 4.74 Å². The Labute approximate surface area is 128 Å². The molecule has 0 aliphatic carbocycles.